The number of amides is 1. The van der Waals surface area contributed by atoms with Crippen LogP contribution in [0, 0.1) is 5.92 Å². The maximum atomic E-state index is 12.5. The molecule has 1 fully saturated rings. The number of carbonyl (C=O) groups excluding carboxylic acids is 1. The summed E-state index contributed by atoms with van der Waals surface area (Å²) >= 11 is 1.43. The highest BCUT2D eigenvalue weighted by Crippen LogP contribution is 2.26. The number of aromatic nitrogens is 3. The van der Waals surface area contributed by atoms with Crippen LogP contribution in [0.5, 0.6) is 5.75 Å². The molecule has 3 heterocycles. The lowest BCUT2D eigenvalue weighted by Crippen LogP contribution is -2.40. The molecule has 1 N–H and O–H groups in total. The van der Waals surface area contributed by atoms with Gasteiger partial charge in [0.2, 0.25) is 11.0 Å². The van der Waals surface area contributed by atoms with Crippen LogP contribution in [-0.4, -0.2) is 40.4 Å². The maximum Gasteiger partial charge on any atom is 0.223 e. The Morgan fingerprint density at radius 2 is 2.07 bits per heavy atom. The van der Waals surface area contributed by atoms with Crippen LogP contribution >= 0.6 is 11.5 Å². The number of ether oxygens (including phenoxy) is 1. The molecule has 0 spiro atoms. The molecule has 4 rings (SSSR count). The van der Waals surface area contributed by atoms with Gasteiger partial charge in [-0.1, -0.05) is 18.2 Å². The standard InChI is InChI=1S/C22H25N5O2S/c1-29-19-6-2-4-16(12-19)13-20-25-22(30-26-20)27-10-7-18(8-11-27)21(28)24-15-17-5-3-9-23-14-17/h2-6,9,12,14,18H,7-8,10-11,13,15H2,1H3,(H,24,28). The van der Waals surface area contributed by atoms with Gasteiger partial charge in [-0.25, -0.2) is 4.98 Å². The van der Waals surface area contributed by atoms with Crippen molar-refractivity contribution in [2.75, 3.05) is 25.1 Å². The van der Waals surface area contributed by atoms with Gasteiger partial charge >= 0.3 is 0 Å². The average Bonchev–Trinajstić information content (AvgIpc) is 3.27. The number of hydrogen-bond acceptors (Lipinski definition) is 7. The number of carbonyl (C=O) groups is 1. The summed E-state index contributed by atoms with van der Waals surface area (Å²) in [7, 11) is 1.67. The first-order valence-corrected chi connectivity index (χ1v) is 10.9. The summed E-state index contributed by atoms with van der Waals surface area (Å²) in [5, 5.41) is 3.96. The Bertz CT molecular complexity index is 970. The van der Waals surface area contributed by atoms with Gasteiger partial charge in [-0.3, -0.25) is 9.78 Å². The largest absolute Gasteiger partial charge is 0.497 e. The SMILES string of the molecule is COc1cccc(Cc2nsc(N3CCC(C(=O)NCc4cccnc4)CC3)n2)c1. The summed E-state index contributed by atoms with van der Waals surface area (Å²) in [6.07, 6.45) is 5.84. The van der Waals surface area contributed by atoms with Crippen molar-refractivity contribution in [2.45, 2.75) is 25.8 Å². The molecule has 0 radical (unpaired) electrons. The fourth-order valence-corrected chi connectivity index (χ4v) is 4.32. The highest BCUT2D eigenvalue weighted by atomic mass is 32.1. The smallest absolute Gasteiger partial charge is 0.223 e. The molecule has 0 bridgehead atoms. The van der Waals surface area contributed by atoms with Crippen molar-refractivity contribution in [3.8, 4) is 5.75 Å². The van der Waals surface area contributed by atoms with Crippen LogP contribution in [0.15, 0.2) is 48.8 Å². The van der Waals surface area contributed by atoms with E-state index in [0.717, 1.165) is 53.8 Å². The van der Waals surface area contributed by atoms with E-state index in [9.17, 15) is 4.79 Å². The van der Waals surface area contributed by atoms with Gasteiger partial charge in [-0.15, -0.1) is 0 Å². The van der Waals surface area contributed by atoms with Crippen molar-refractivity contribution in [3.05, 3.63) is 65.7 Å². The molecule has 0 unspecified atom stereocenters. The fourth-order valence-electron chi connectivity index (χ4n) is 3.58. The van der Waals surface area contributed by atoms with Crippen molar-refractivity contribution in [2.24, 2.45) is 5.92 Å². The van der Waals surface area contributed by atoms with Crippen LogP contribution in [0.4, 0.5) is 5.13 Å². The summed E-state index contributed by atoms with van der Waals surface area (Å²) in [6.45, 7) is 2.16. The third-order valence-electron chi connectivity index (χ3n) is 5.28. The molecular weight excluding hydrogens is 398 g/mol. The second kappa shape index (κ2) is 9.67. The zero-order valence-corrected chi connectivity index (χ0v) is 17.8. The van der Waals surface area contributed by atoms with E-state index in [-0.39, 0.29) is 11.8 Å². The number of benzene rings is 1. The van der Waals surface area contributed by atoms with Crippen LogP contribution in [0.25, 0.3) is 0 Å². The molecule has 3 aromatic rings. The number of nitrogens with zero attached hydrogens (tertiary/aromatic N) is 4. The summed E-state index contributed by atoms with van der Waals surface area (Å²) < 4.78 is 9.80. The van der Waals surface area contributed by atoms with Gasteiger partial charge in [-0.2, -0.15) is 4.37 Å². The monoisotopic (exact) mass is 423 g/mol. The molecule has 0 atom stereocenters. The van der Waals surface area contributed by atoms with E-state index in [1.165, 1.54) is 11.5 Å². The second-order valence-corrected chi connectivity index (χ2v) is 8.09. The summed E-state index contributed by atoms with van der Waals surface area (Å²) in [4.78, 5) is 23.5. The van der Waals surface area contributed by atoms with Gasteiger partial charge in [0.15, 0.2) is 0 Å². The Kier molecular flexibility index (Phi) is 6.53. The minimum atomic E-state index is 0.0436. The number of rotatable bonds is 7. The van der Waals surface area contributed by atoms with E-state index < -0.39 is 0 Å². The van der Waals surface area contributed by atoms with Crippen molar-refractivity contribution in [1.82, 2.24) is 19.7 Å². The van der Waals surface area contributed by atoms with Gasteiger partial charge in [0.1, 0.15) is 11.6 Å². The molecule has 1 aromatic carbocycles. The quantitative estimate of drug-likeness (QED) is 0.629. The van der Waals surface area contributed by atoms with Gasteiger partial charge in [0, 0.05) is 55.9 Å². The van der Waals surface area contributed by atoms with Crippen LogP contribution < -0.4 is 15.0 Å². The summed E-state index contributed by atoms with van der Waals surface area (Å²) in [6, 6.07) is 11.8. The molecule has 1 aliphatic rings. The van der Waals surface area contributed by atoms with Crippen molar-refractivity contribution in [3.63, 3.8) is 0 Å². The number of piperidine rings is 1. The average molecular weight is 424 g/mol. The maximum absolute atomic E-state index is 12.5. The van der Waals surface area contributed by atoms with Crippen molar-refractivity contribution in [1.29, 1.82) is 0 Å². The predicted molar refractivity (Wildman–Crippen MR) is 117 cm³/mol. The molecular formula is C22H25N5O2S. The molecule has 0 aliphatic carbocycles. The Balaban J connectivity index is 1.27. The first-order valence-electron chi connectivity index (χ1n) is 10.1. The number of methoxy groups -OCH3 is 1. The first kappa shape index (κ1) is 20.3. The zero-order chi connectivity index (χ0) is 20.8. The zero-order valence-electron chi connectivity index (χ0n) is 17.0. The van der Waals surface area contributed by atoms with Gasteiger partial charge in [-0.05, 0) is 42.2 Å². The van der Waals surface area contributed by atoms with E-state index in [1.54, 1.807) is 19.5 Å². The summed E-state index contributed by atoms with van der Waals surface area (Å²) in [5.74, 6) is 1.82. The third kappa shape index (κ3) is 5.13. The molecule has 30 heavy (non-hydrogen) atoms. The highest BCUT2D eigenvalue weighted by Gasteiger charge is 2.26. The number of pyridine rings is 1. The number of anilines is 1. The van der Waals surface area contributed by atoms with Crippen LogP contribution in [0.2, 0.25) is 0 Å². The Morgan fingerprint density at radius 3 is 2.83 bits per heavy atom. The Hall–Kier alpha value is -3.00. The molecule has 8 heteroatoms. The lowest BCUT2D eigenvalue weighted by atomic mass is 9.96. The molecule has 1 aliphatic heterocycles. The van der Waals surface area contributed by atoms with Gasteiger partial charge in [0.05, 0.1) is 7.11 Å². The van der Waals surface area contributed by atoms with Crippen LogP contribution in [-0.2, 0) is 17.8 Å². The number of hydrogen-bond donors (Lipinski definition) is 1. The van der Waals surface area contributed by atoms with E-state index in [1.807, 2.05) is 30.3 Å². The predicted octanol–water partition coefficient (Wildman–Crippen LogP) is 3.07. The Morgan fingerprint density at radius 1 is 1.23 bits per heavy atom. The topological polar surface area (TPSA) is 80.2 Å². The number of nitrogens with one attached hydrogen (secondary N) is 1. The molecule has 1 saturated heterocycles. The van der Waals surface area contributed by atoms with Gasteiger partial charge < -0.3 is 15.0 Å². The summed E-state index contributed by atoms with van der Waals surface area (Å²) in [5.41, 5.74) is 2.14. The Labute approximate surface area is 180 Å². The van der Waals surface area contributed by atoms with Crippen LogP contribution in [0.1, 0.15) is 29.8 Å². The van der Waals surface area contributed by atoms with Gasteiger partial charge in [0.25, 0.3) is 0 Å². The van der Waals surface area contributed by atoms with E-state index in [0.29, 0.717) is 13.0 Å². The molecule has 0 saturated carbocycles. The van der Waals surface area contributed by atoms with E-state index in [4.69, 9.17) is 9.72 Å². The van der Waals surface area contributed by atoms with Crippen LogP contribution in [0.3, 0.4) is 0 Å². The molecule has 156 valence electrons. The molecule has 1 amide bonds. The van der Waals surface area contributed by atoms with Crippen molar-refractivity contribution < 1.29 is 9.53 Å². The highest BCUT2D eigenvalue weighted by molar-refractivity contribution is 7.09. The molecule has 7 nitrogen and oxygen atoms in total. The third-order valence-corrected chi connectivity index (χ3v) is 6.09. The second-order valence-electron chi connectivity index (χ2n) is 7.36. The lowest BCUT2D eigenvalue weighted by molar-refractivity contribution is -0.125. The minimum Gasteiger partial charge on any atom is -0.497 e. The first-order chi connectivity index (χ1) is 14.7. The fraction of sp³-hybridized carbons (Fsp3) is 0.364. The van der Waals surface area contributed by atoms with E-state index in [2.05, 4.69) is 25.6 Å². The van der Waals surface area contributed by atoms with E-state index >= 15 is 0 Å². The van der Waals surface area contributed by atoms with Crippen molar-refractivity contribution >= 4 is 22.6 Å². The normalized spacial score (nSPS) is 14.5. The molecule has 2 aromatic heterocycles. The lowest BCUT2D eigenvalue weighted by Gasteiger charge is -2.30. The minimum absolute atomic E-state index is 0.0436.